The van der Waals surface area contributed by atoms with Crippen molar-refractivity contribution in [2.45, 2.75) is 126 Å². The van der Waals surface area contributed by atoms with Crippen LogP contribution in [0.5, 0.6) is 0 Å². The summed E-state index contributed by atoms with van der Waals surface area (Å²) in [4.78, 5) is 24.8. The third kappa shape index (κ3) is 3.30. The van der Waals surface area contributed by atoms with E-state index in [1.54, 1.807) is 5.57 Å². The molecule has 4 nitrogen and oxygen atoms in total. The molecule has 0 aromatic rings. The molecule has 36 heavy (non-hydrogen) atoms. The number of allylic oxidation sites excluding steroid dienone is 2. The van der Waals surface area contributed by atoms with Crippen molar-refractivity contribution in [3.8, 4) is 0 Å². The van der Waals surface area contributed by atoms with E-state index in [0.29, 0.717) is 29.1 Å². The monoisotopic (exact) mass is 498 g/mol. The van der Waals surface area contributed by atoms with E-state index in [1.165, 1.54) is 39.0 Å². The molecule has 0 spiro atoms. The molecule has 0 bridgehead atoms. The summed E-state index contributed by atoms with van der Waals surface area (Å²) in [5, 5.41) is 10.5. The summed E-state index contributed by atoms with van der Waals surface area (Å²) in [7, 11) is 0. The molecule has 1 unspecified atom stereocenters. The van der Waals surface area contributed by atoms with Gasteiger partial charge in [0, 0.05) is 6.92 Å². The van der Waals surface area contributed by atoms with Gasteiger partial charge in [0.1, 0.15) is 11.5 Å². The predicted octanol–water partition coefficient (Wildman–Crippen LogP) is 7.80. The molecule has 4 saturated carbocycles. The first kappa shape index (κ1) is 26.3. The number of rotatable bonds is 2. The molecule has 0 aliphatic heterocycles. The Morgan fingerprint density at radius 3 is 2.19 bits per heavy atom. The fraction of sp³-hybridized carbons (Fsp3) is 0.875. The highest BCUT2D eigenvalue weighted by molar-refractivity contribution is 5.77. The maximum Gasteiger partial charge on any atom is 0.313 e. The van der Waals surface area contributed by atoms with Crippen molar-refractivity contribution in [2.75, 3.05) is 0 Å². The zero-order valence-electron chi connectivity index (χ0n) is 24.1. The third-order valence-electron chi connectivity index (χ3n) is 13.4. The van der Waals surface area contributed by atoms with Gasteiger partial charge in [-0.3, -0.25) is 9.59 Å². The number of fused-ring (bicyclic) bond motifs is 7. The molecular formula is C32H50O4. The molecule has 9 atom stereocenters. The van der Waals surface area contributed by atoms with Gasteiger partial charge in [0.25, 0.3) is 0 Å². The van der Waals surface area contributed by atoms with Crippen LogP contribution in [0.25, 0.3) is 0 Å². The zero-order valence-corrected chi connectivity index (χ0v) is 24.1. The van der Waals surface area contributed by atoms with Crippen molar-refractivity contribution in [3.05, 3.63) is 11.6 Å². The van der Waals surface area contributed by atoms with E-state index in [4.69, 9.17) is 4.74 Å². The molecule has 202 valence electrons. The second-order valence-corrected chi connectivity index (χ2v) is 15.6. The number of esters is 1. The normalized spacial score (nSPS) is 51.5. The first-order valence-electron chi connectivity index (χ1n) is 14.6. The fourth-order valence-corrected chi connectivity index (χ4v) is 10.9. The highest BCUT2D eigenvalue weighted by Crippen LogP contribution is 2.75. The number of carboxylic acid groups (broad SMARTS) is 1. The Balaban J connectivity index is 1.56. The van der Waals surface area contributed by atoms with E-state index in [0.717, 1.165) is 25.7 Å². The van der Waals surface area contributed by atoms with Crippen molar-refractivity contribution in [3.63, 3.8) is 0 Å². The molecule has 0 heterocycles. The number of hydrogen-bond donors (Lipinski definition) is 1. The van der Waals surface area contributed by atoms with Crippen molar-refractivity contribution in [1.82, 2.24) is 0 Å². The summed E-state index contributed by atoms with van der Waals surface area (Å²) in [6.07, 6.45) is 13.3. The van der Waals surface area contributed by atoms with E-state index in [-0.39, 0.29) is 28.1 Å². The van der Waals surface area contributed by atoms with Gasteiger partial charge in [0.05, 0.1) is 0 Å². The quantitative estimate of drug-likeness (QED) is 0.311. The van der Waals surface area contributed by atoms with Crippen LogP contribution in [0.1, 0.15) is 120 Å². The Hall–Kier alpha value is -1.32. The second kappa shape index (κ2) is 7.85. The molecule has 1 N–H and O–H groups in total. The SMILES string of the molecule is CC(=O)O[C@@H]1CC[C@@]2(C)C(CC[C@]3(C)[C@@H]2CC=C2[C@H]4CC(C)(C)CC[C@]4(C)CC[C@]23C)[C@@]1(C)C(=O)O. The smallest absolute Gasteiger partial charge is 0.313 e. The number of carbonyl (C=O) groups excluding carboxylic acids is 1. The Bertz CT molecular complexity index is 996. The average molecular weight is 499 g/mol. The Kier molecular flexibility index (Phi) is 5.74. The molecule has 5 aliphatic rings. The standard InChI is InChI=1S/C32H50O4/c1-20(33)36-25-12-13-29(5)23-10-9-21-22-19-27(2,3)15-16-28(22,4)17-18-30(21,6)31(23,7)14-11-24(29)32(25,8)26(34)35/h9,22-25H,10-19H2,1-8H3,(H,34,35)/t22-,23-,24?,25-,28-,29-,30-,31-,32-/m1/s1. The molecule has 0 radical (unpaired) electrons. The number of hydrogen-bond acceptors (Lipinski definition) is 3. The largest absolute Gasteiger partial charge is 0.481 e. The molecular weight excluding hydrogens is 448 g/mol. The zero-order chi connectivity index (χ0) is 26.5. The van der Waals surface area contributed by atoms with Gasteiger partial charge < -0.3 is 9.84 Å². The lowest BCUT2D eigenvalue weighted by Crippen LogP contribution is -2.66. The van der Waals surface area contributed by atoms with Gasteiger partial charge in [-0.1, -0.05) is 53.2 Å². The Labute approximate surface area is 219 Å². The molecule has 0 saturated heterocycles. The maximum atomic E-state index is 12.8. The molecule has 0 amide bonds. The van der Waals surface area contributed by atoms with E-state index in [9.17, 15) is 14.7 Å². The summed E-state index contributed by atoms with van der Waals surface area (Å²) in [5.74, 6) is -0.0260. The van der Waals surface area contributed by atoms with E-state index < -0.39 is 17.5 Å². The lowest BCUT2D eigenvalue weighted by atomic mass is 9.33. The molecule has 0 aromatic carbocycles. The number of ether oxygens (including phenoxy) is 1. The van der Waals surface area contributed by atoms with E-state index in [1.807, 2.05) is 6.92 Å². The van der Waals surface area contributed by atoms with Crippen LogP contribution in [0.4, 0.5) is 0 Å². The number of aliphatic carboxylic acids is 1. The molecule has 5 rings (SSSR count). The van der Waals surface area contributed by atoms with Gasteiger partial charge in [-0.15, -0.1) is 0 Å². The van der Waals surface area contributed by atoms with Crippen LogP contribution in [0.3, 0.4) is 0 Å². The second-order valence-electron chi connectivity index (χ2n) is 15.6. The lowest BCUT2D eigenvalue weighted by Gasteiger charge is -2.71. The summed E-state index contributed by atoms with van der Waals surface area (Å²) in [5.41, 5.74) is 1.81. The van der Waals surface area contributed by atoms with Gasteiger partial charge in [-0.2, -0.15) is 0 Å². The summed E-state index contributed by atoms with van der Waals surface area (Å²) in [6, 6.07) is 0. The highest BCUT2D eigenvalue weighted by Gasteiger charge is 2.70. The summed E-state index contributed by atoms with van der Waals surface area (Å²) in [6.45, 7) is 18.3. The van der Waals surface area contributed by atoms with Gasteiger partial charge in [-0.25, -0.2) is 0 Å². The van der Waals surface area contributed by atoms with Gasteiger partial charge >= 0.3 is 11.9 Å². The van der Waals surface area contributed by atoms with Gasteiger partial charge in [0.15, 0.2) is 0 Å². The maximum absolute atomic E-state index is 12.8. The first-order chi connectivity index (χ1) is 16.5. The highest BCUT2D eigenvalue weighted by atomic mass is 16.5. The number of carboxylic acids is 1. The van der Waals surface area contributed by atoms with Crippen LogP contribution >= 0.6 is 0 Å². The lowest BCUT2D eigenvalue weighted by molar-refractivity contribution is -0.222. The van der Waals surface area contributed by atoms with Crippen LogP contribution < -0.4 is 0 Å². The number of carbonyl (C=O) groups is 2. The predicted molar refractivity (Wildman–Crippen MR) is 142 cm³/mol. The van der Waals surface area contributed by atoms with E-state index in [2.05, 4.69) is 47.6 Å². The molecule has 0 aromatic heterocycles. The molecule has 5 aliphatic carbocycles. The van der Waals surface area contributed by atoms with Gasteiger partial charge in [-0.05, 0) is 116 Å². The van der Waals surface area contributed by atoms with Crippen LogP contribution in [0.2, 0.25) is 0 Å². The first-order valence-corrected chi connectivity index (χ1v) is 14.6. The minimum Gasteiger partial charge on any atom is -0.481 e. The summed E-state index contributed by atoms with van der Waals surface area (Å²) >= 11 is 0. The van der Waals surface area contributed by atoms with Crippen LogP contribution in [-0.2, 0) is 14.3 Å². The Morgan fingerprint density at radius 2 is 1.56 bits per heavy atom. The van der Waals surface area contributed by atoms with Crippen LogP contribution in [0, 0.1) is 50.2 Å². The van der Waals surface area contributed by atoms with Crippen LogP contribution in [-0.4, -0.2) is 23.1 Å². The Morgan fingerprint density at radius 1 is 0.889 bits per heavy atom. The van der Waals surface area contributed by atoms with Crippen LogP contribution in [0.15, 0.2) is 11.6 Å². The fourth-order valence-electron chi connectivity index (χ4n) is 10.9. The van der Waals surface area contributed by atoms with Crippen molar-refractivity contribution < 1.29 is 19.4 Å². The third-order valence-corrected chi connectivity index (χ3v) is 13.4. The molecule has 4 fully saturated rings. The van der Waals surface area contributed by atoms with Crippen molar-refractivity contribution in [1.29, 1.82) is 0 Å². The summed E-state index contributed by atoms with van der Waals surface area (Å²) < 4.78 is 5.69. The van der Waals surface area contributed by atoms with Crippen molar-refractivity contribution >= 4 is 11.9 Å². The minimum absolute atomic E-state index is 0.0136. The van der Waals surface area contributed by atoms with Crippen molar-refractivity contribution in [2.24, 2.45) is 50.2 Å². The molecule has 4 heteroatoms. The average Bonchev–Trinajstić information content (AvgIpc) is 2.77. The minimum atomic E-state index is -1.04. The van der Waals surface area contributed by atoms with Gasteiger partial charge in [0.2, 0.25) is 0 Å². The topological polar surface area (TPSA) is 63.6 Å². The van der Waals surface area contributed by atoms with E-state index >= 15 is 0 Å².